The highest BCUT2D eigenvalue weighted by Crippen LogP contribution is 2.34. The lowest BCUT2D eigenvalue weighted by Gasteiger charge is -2.25. The Hall–Kier alpha value is -4.25. The lowest BCUT2D eigenvalue weighted by molar-refractivity contribution is 0.398. The molecule has 1 aromatic heterocycles. The molecular weight excluding hydrogens is 396 g/mol. The fraction of sp³-hybridized carbons (Fsp3) is 0.0741. The Bertz CT molecular complexity index is 1170. The maximum atomic E-state index is 10.2. The minimum Gasteiger partial charge on any atom is -0.506 e. The zero-order chi connectivity index (χ0) is 21.8. The van der Waals surface area contributed by atoms with Crippen LogP contribution < -0.4 is 9.80 Å². The molecule has 0 unspecified atom stereocenters. The van der Waals surface area contributed by atoms with Gasteiger partial charge < -0.3 is 14.9 Å². The minimum absolute atomic E-state index is 0.287. The second-order valence-electron chi connectivity index (χ2n) is 7.67. The monoisotopic (exact) mass is 420 g/mol. The number of aromatic nitrogens is 1. The number of rotatable bonds is 6. The van der Waals surface area contributed by atoms with Gasteiger partial charge in [-0.1, -0.05) is 48.5 Å². The predicted molar refractivity (Wildman–Crippen MR) is 129 cm³/mol. The van der Waals surface area contributed by atoms with E-state index in [1.165, 1.54) is 5.56 Å². The van der Waals surface area contributed by atoms with Crippen molar-refractivity contribution in [1.29, 1.82) is 0 Å². The topological polar surface area (TPSA) is 42.8 Å². The summed E-state index contributed by atoms with van der Waals surface area (Å²) >= 11 is 0. The number of anilines is 4. The molecule has 158 valence electrons. The molecule has 5 heteroatoms. The van der Waals surface area contributed by atoms with Gasteiger partial charge in [0.05, 0.1) is 12.4 Å². The largest absolute Gasteiger partial charge is 0.506 e. The van der Waals surface area contributed by atoms with Crippen LogP contribution in [0.5, 0.6) is 5.75 Å². The van der Waals surface area contributed by atoms with Crippen LogP contribution in [0, 0.1) is 0 Å². The molecule has 32 heavy (non-hydrogen) atoms. The Morgan fingerprint density at radius 3 is 2.38 bits per heavy atom. The molecule has 2 heterocycles. The first kappa shape index (κ1) is 19.7. The molecule has 0 bridgehead atoms. The van der Waals surface area contributed by atoms with Crippen LogP contribution >= 0.6 is 0 Å². The summed E-state index contributed by atoms with van der Waals surface area (Å²) in [6.45, 7) is 1.45. The normalized spacial score (nSPS) is 12.9. The number of para-hydroxylation sites is 3. The first-order valence-electron chi connectivity index (χ1n) is 10.6. The van der Waals surface area contributed by atoms with Gasteiger partial charge in [-0.15, -0.1) is 0 Å². The maximum Gasteiger partial charge on any atom is 0.139 e. The molecule has 0 radical (unpaired) electrons. The molecule has 0 fully saturated rings. The molecule has 1 aliphatic heterocycles. The Labute approximate surface area is 188 Å². The standard InChI is InChI=1S/C27H24N4O/c32-26-14-5-4-13-25(26)30-18-17-29(21-30)20-22-9-8-12-24(19-22)31(23-10-2-1-3-11-23)27-15-6-7-16-28-27/h1-19,32H,20-21H2. The van der Waals surface area contributed by atoms with Crippen molar-refractivity contribution in [3.63, 3.8) is 0 Å². The first-order valence-corrected chi connectivity index (χ1v) is 10.6. The van der Waals surface area contributed by atoms with E-state index in [1.54, 1.807) is 6.07 Å². The van der Waals surface area contributed by atoms with Gasteiger partial charge in [0, 0.05) is 36.5 Å². The van der Waals surface area contributed by atoms with Crippen LogP contribution in [0.4, 0.5) is 22.9 Å². The zero-order valence-corrected chi connectivity index (χ0v) is 17.6. The van der Waals surface area contributed by atoms with Crippen LogP contribution in [0.2, 0.25) is 0 Å². The van der Waals surface area contributed by atoms with E-state index in [2.05, 4.69) is 57.4 Å². The van der Waals surface area contributed by atoms with E-state index in [1.807, 2.05) is 71.9 Å². The second-order valence-corrected chi connectivity index (χ2v) is 7.67. The summed E-state index contributed by atoms with van der Waals surface area (Å²) in [4.78, 5) is 11.0. The van der Waals surface area contributed by atoms with E-state index in [0.29, 0.717) is 6.67 Å². The van der Waals surface area contributed by atoms with E-state index in [4.69, 9.17) is 0 Å². The van der Waals surface area contributed by atoms with Gasteiger partial charge in [0.15, 0.2) is 0 Å². The van der Waals surface area contributed by atoms with Crippen molar-refractivity contribution in [2.45, 2.75) is 6.54 Å². The van der Waals surface area contributed by atoms with E-state index < -0.39 is 0 Å². The van der Waals surface area contributed by atoms with Gasteiger partial charge in [-0.3, -0.25) is 4.90 Å². The molecule has 0 atom stereocenters. The van der Waals surface area contributed by atoms with Crippen molar-refractivity contribution < 1.29 is 5.11 Å². The fourth-order valence-corrected chi connectivity index (χ4v) is 3.94. The summed E-state index contributed by atoms with van der Waals surface area (Å²) < 4.78 is 0. The molecular formula is C27H24N4O. The summed E-state index contributed by atoms with van der Waals surface area (Å²) in [6.07, 6.45) is 5.88. The molecule has 0 saturated heterocycles. The van der Waals surface area contributed by atoms with Gasteiger partial charge in [0.25, 0.3) is 0 Å². The lowest BCUT2D eigenvalue weighted by atomic mass is 10.1. The number of phenols is 1. The molecule has 3 aromatic carbocycles. The van der Waals surface area contributed by atoms with E-state index in [9.17, 15) is 5.11 Å². The van der Waals surface area contributed by atoms with Crippen LogP contribution in [0.1, 0.15) is 5.56 Å². The van der Waals surface area contributed by atoms with Crippen molar-refractivity contribution >= 4 is 22.9 Å². The molecule has 1 N–H and O–H groups in total. The SMILES string of the molecule is Oc1ccccc1N1C=CN(Cc2cccc(N(c3ccccc3)c3ccccn3)c2)C1. The summed E-state index contributed by atoms with van der Waals surface area (Å²) in [7, 11) is 0. The molecule has 0 saturated carbocycles. The van der Waals surface area contributed by atoms with Crippen molar-refractivity contribution in [3.05, 3.63) is 121 Å². The Morgan fingerprint density at radius 2 is 1.56 bits per heavy atom. The van der Waals surface area contributed by atoms with E-state index in [-0.39, 0.29) is 5.75 Å². The quantitative estimate of drug-likeness (QED) is 0.414. The van der Waals surface area contributed by atoms with Crippen molar-refractivity contribution in [1.82, 2.24) is 9.88 Å². The Balaban J connectivity index is 1.38. The van der Waals surface area contributed by atoms with Crippen molar-refractivity contribution in [2.24, 2.45) is 0 Å². The number of aromatic hydroxyl groups is 1. The first-order chi connectivity index (χ1) is 15.8. The summed E-state index contributed by atoms with van der Waals surface area (Å²) in [5, 5.41) is 10.2. The number of benzene rings is 3. The van der Waals surface area contributed by atoms with Crippen LogP contribution in [0.15, 0.2) is 116 Å². The van der Waals surface area contributed by atoms with Gasteiger partial charge >= 0.3 is 0 Å². The molecule has 0 amide bonds. The average Bonchev–Trinajstić information content (AvgIpc) is 3.29. The lowest BCUT2D eigenvalue weighted by Crippen LogP contribution is -2.24. The molecule has 4 aromatic rings. The number of pyridine rings is 1. The number of phenolic OH excluding ortho intramolecular Hbond substituents is 1. The molecule has 5 rings (SSSR count). The smallest absolute Gasteiger partial charge is 0.139 e. The van der Waals surface area contributed by atoms with E-state index in [0.717, 1.165) is 29.4 Å². The number of nitrogens with zero attached hydrogens (tertiary/aromatic N) is 4. The van der Waals surface area contributed by atoms with Gasteiger partial charge in [-0.25, -0.2) is 4.98 Å². The Kier molecular flexibility index (Phi) is 5.45. The second kappa shape index (κ2) is 8.86. The van der Waals surface area contributed by atoms with Crippen molar-refractivity contribution in [2.75, 3.05) is 16.5 Å². The highest BCUT2D eigenvalue weighted by atomic mass is 16.3. The molecule has 5 nitrogen and oxygen atoms in total. The summed E-state index contributed by atoms with van der Waals surface area (Å²) in [5.74, 6) is 1.16. The predicted octanol–water partition coefficient (Wildman–Crippen LogP) is 6.01. The van der Waals surface area contributed by atoms with Crippen LogP contribution in [-0.2, 0) is 6.54 Å². The number of hydrogen-bond donors (Lipinski definition) is 1. The van der Waals surface area contributed by atoms with Gasteiger partial charge in [0.1, 0.15) is 11.6 Å². The zero-order valence-electron chi connectivity index (χ0n) is 17.6. The van der Waals surface area contributed by atoms with E-state index >= 15 is 0 Å². The molecule has 0 spiro atoms. The average molecular weight is 421 g/mol. The van der Waals surface area contributed by atoms with Crippen LogP contribution in [-0.4, -0.2) is 21.7 Å². The van der Waals surface area contributed by atoms with Gasteiger partial charge in [-0.2, -0.15) is 0 Å². The van der Waals surface area contributed by atoms with Gasteiger partial charge in [0.2, 0.25) is 0 Å². The highest BCUT2D eigenvalue weighted by Gasteiger charge is 2.18. The highest BCUT2D eigenvalue weighted by molar-refractivity contribution is 5.74. The summed E-state index contributed by atoms with van der Waals surface area (Å²) in [6, 6.07) is 32.2. The third kappa shape index (κ3) is 4.14. The van der Waals surface area contributed by atoms with Crippen LogP contribution in [0.25, 0.3) is 0 Å². The third-order valence-electron chi connectivity index (χ3n) is 5.43. The minimum atomic E-state index is 0.287. The van der Waals surface area contributed by atoms with Crippen LogP contribution in [0.3, 0.4) is 0 Å². The molecule has 0 aliphatic carbocycles. The maximum absolute atomic E-state index is 10.2. The van der Waals surface area contributed by atoms with Gasteiger partial charge in [-0.05, 0) is 54.1 Å². The third-order valence-corrected chi connectivity index (χ3v) is 5.43. The fourth-order valence-electron chi connectivity index (χ4n) is 3.94. The summed E-state index contributed by atoms with van der Waals surface area (Å²) in [5.41, 5.74) is 4.14. The molecule has 1 aliphatic rings. The number of hydrogen-bond acceptors (Lipinski definition) is 5. The Morgan fingerprint density at radius 1 is 0.781 bits per heavy atom. The van der Waals surface area contributed by atoms with Crippen molar-refractivity contribution in [3.8, 4) is 5.75 Å².